The number of aromatic nitrogens is 3. The summed E-state index contributed by atoms with van der Waals surface area (Å²) in [4.78, 5) is 13.6. The summed E-state index contributed by atoms with van der Waals surface area (Å²) in [5.41, 5.74) is 1.88. The Morgan fingerprint density at radius 1 is 1.24 bits per heavy atom. The average Bonchev–Trinajstić information content (AvgIpc) is 2.93. The zero-order valence-corrected chi connectivity index (χ0v) is 12.7. The largest absolute Gasteiger partial charge is 0.367 e. The van der Waals surface area contributed by atoms with Crippen LogP contribution in [-0.4, -0.2) is 21.0 Å². The quantitative estimate of drug-likeness (QED) is 0.929. The molecule has 2 heterocycles. The predicted octanol–water partition coefficient (Wildman–Crippen LogP) is 3.70. The highest BCUT2D eigenvalue weighted by Crippen LogP contribution is 2.27. The number of hydrogen-bond acceptors (Lipinski definition) is 4. The Bertz CT molecular complexity index is 597. The van der Waals surface area contributed by atoms with Gasteiger partial charge in [0.1, 0.15) is 11.5 Å². The molecule has 0 aromatic carbocycles. The molecular formula is C17H22N4. The van der Waals surface area contributed by atoms with E-state index in [1.807, 2.05) is 18.2 Å². The van der Waals surface area contributed by atoms with Gasteiger partial charge in [-0.15, -0.1) is 0 Å². The molecule has 4 nitrogen and oxygen atoms in total. The number of anilines is 1. The molecule has 1 aliphatic rings. The van der Waals surface area contributed by atoms with Crippen molar-refractivity contribution < 1.29 is 0 Å². The summed E-state index contributed by atoms with van der Waals surface area (Å²) in [6.45, 7) is 4.43. The molecule has 0 bridgehead atoms. The van der Waals surface area contributed by atoms with Gasteiger partial charge in [0.2, 0.25) is 0 Å². The lowest BCUT2D eigenvalue weighted by atomic mass is 10.1. The molecule has 2 atom stereocenters. The molecule has 1 aliphatic carbocycles. The molecule has 0 saturated heterocycles. The first-order valence-corrected chi connectivity index (χ1v) is 7.80. The Morgan fingerprint density at radius 3 is 2.81 bits per heavy atom. The van der Waals surface area contributed by atoms with Crippen molar-refractivity contribution >= 4 is 5.82 Å². The molecule has 0 spiro atoms. The molecule has 1 fully saturated rings. The smallest absolute Gasteiger partial charge is 0.180 e. The Balaban J connectivity index is 1.86. The minimum absolute atomic E-state index is 0.538. The highest BCUT2D eigenvalue weighted by Gasteiger charge is 2.21. The summed E-state index contributed by atoms with van der Waals surface area (Å²) in [6.07, 6.45) is 6.44. The second-order valence-corrected chi connectivity index (χ2v) is 5.90. The molecule has 3 rings (SSSR count). The second-order valence-electron chi connectivity index (χ2n) is 5.90. The van der Waals surface area contributed by atoms with E-state index in [0.717, 1.165) is 29.5 Å². The van der Waals surface area contributed by atoms with Crippen LogP contribution in [0.4, 0.5) is 5.82 Å². The van der Waals surface area contributed by atoms with Gasteiger partial charge in [0.05, 0.1) is 0 Å². The molecule has 21 heavy (non-hydrogen) atoms. The Morgan fingerprint density at radius 2 is 2.14 bits per heavy atom. The lowest BCUT2D eigenvalue weighted by Gasteiger charge is -2.14. The van der Waals surface area contributed by atoms with Gasteiger partial charge in [0, 0.05) is 24.0 Å². The maximum absolute atomic E-state index is 4.66. The number of aryl methyl sites for hydroxylation is 1. The van der Waals surface area contributed by atoms with E-state index in [4.69, 9.17) is 0 Å². The molecule has 2 unspecified atom stereocenters. The normalized spacial score (nSPS) is 21.4. The van der Waals surface area contributed by atoms with Crippen LogP contribution in [0.2, 0.25) is 0 Å². The van der Waals surface area contributed by atoms with Gasteiger partial charge in [-0.25, -0.2) is 9.97 Å². The van der Waals surface area contributed by atoms with E-state index in [1.54, 1.807) is 6.20 Å². The molecule has 2 aromatic heterocycles. The van der Waals surface area contributed by atoms with E-state index in [-0.39, 0.29) is 0 Å². The average molecular weight is 282 g/mol. The fourth-order valence-electron chi connectivity index (χ4n) is 2.91. The maximum atomic E-state index is 4.66. The number of hydrogen-bond donors (Lipinski definition) is 1. The molecule has 1 N–H and O–H groups in total. The van der Waals surface area contributed by atoms with Crippen molar-refractivity contribution in [1.29, 1.82) is 0 Å². The van der Waals surface area contributed by atoms with Crippen LogP contribution in [-0.2, 0) is 6.42 Å². The van der Waals surface area contributed by atoms with E-state index in [2.05, 4.69) is 40.2 Å². The minimum Gasteiger partial charge on any atom is -0.367 e. The van der Waals surface area contributed by atoms with E-state index >= 15 is 0 Å². The highest BCUT2D eigenvalue weighted by molar-refractivity contribution is 5.53. The van der Waals surface area contributed by atoms with Gasteiger partial charge in [-0.3, -0.25) is 4.98 Å². The van der Waals surface area contributed by atoms with Crippen LogP contribution in [0, 0.1) is 5.92 Å². The molecule has 0 amide bonds. The second kappa shape index (κ2) is 6.20. The van der Waals surface area contributed by atoms with Gasteiger partial charge >= 0.3 is 0 Å². The number of pyridine rings is 1. The van der Waals surface area contributed by atoms with Crippen LogP contribution in [0.15, 0.2) is 30.5 Å². The van der Waals surface area contributed by atoms with Crippen LogP contribution < -0.4 is 5.32 Å². The van der Waals surface area contributed by atoms with Gasteiger partial charge in [0.25, 0.3) is 0 Å². The molecule has 4 heteroatoms. The fraction of sp³-hybridized carbons (Fsp3) is 0.471. The summed E-state index contributed by atoms with van der Waals surface area (Å²) in [7, 11) is 0. The van der Waals surface area contributed by atoms with Crippen LogP contribution in [0.25, 0.3) is 11.5 Å². The van der Waals surface area contributed by atoms with E-state index in [0.29, 0.717) is 11.9 Å². The zero-order chi connectivity index (χ0) is 14.7. The third-order valence-electron chi connectivity index (χ3n) is 4.08. The first kappa shape index (κ1) is 14.0. The fourth-order valence-corrected chi connectivity index (χ4v) is 2.91. The van der Waals surface area contributed by atoms with E-state index in [9.17, 15) is 0 Å². The predicted molar refractivity (Wildman–Crippen MR) is 85.1 cm³/mol. The maximum Gasteiger partial charge on any atom is 0.180 e. The van der Waals surface area contributed by atoms with Crippen molar-refractivity contribution in [2.75, 3.05) is 5.32 Å². The van der Waals surface area contributed by atoms with Crippen molar-refractivity contribution in [2.45, 2.75) is 45.6 Å². The van der Waals surface area contributed by atoms with Crippen molar-refractivity contribution in [3.05, 3.63) is 36.2 Å². The molecule has 0 radical (unpaired) electrons. The molecule has 2 aromatic rings. The van der Waals surface area contributed by atoms with Gasteiger partial charge in [-0.05, 0) is 43.7 Å². The molecule has 1 saturated carbocycles. The monoisotopic (exact) mass is 282 g/mol. The number of nitrogens with one attached hydrogen (secondary N) is 1. The van der Waals surface area contributed by atoms with E-state index in [1.165, 1.54) is 19.3 Å². The van der Waals surface area contributed by atoms with Crippen molar-refractivity contribution in [3.63, 3.8) is 0 Å². The summed E-state index contributed by atoms with van der Waals surface area (Å²) in [5, 5.41) is 3.58. The van der Waals surface area contributed by atoms with Gasteiger partial charge in [-0.2, -0.15) is 0 Å². The van der Waals surface area contributed by atoms with Crippen LogP contribution >= 0.6 is 0 Å². The standard InChI is InChI=1S/C17H22N4/c1-3-13-11-16(19-14-8-7-12(2)10-14)21-17(20-13)15-6-4-5-9-18-15/h4-6,9,11-12,14H,3,7-8,10H2,1-2H3,(H,19,20,21). The van der Waals surface area contributed by atoms with Gasteiger partial charge in [-0.1, -0.05) is 19.9 Å². The third-order valence-corrected chi connectivity index (χ3v) is 4.08. The lowest BCUT2D eigenvalue weighted by Crippen LogP contribution is -2.17. The van der Waals surface area contributed by atoms with Crippen LogP contribution in [0.3, 0.4) is 0 Å². The van der Waals surface area contributed by atoms with Gasteiger partial charge in [0.15, 0.2) is 5.82 Å². The first-order chi connectivity index (χ1) is 10.2. The topological polar surface area (TPSA) is 50.7 Å². The minimum atomic E-state index is 0.538. The lowest BCUT2D eigenvalue weighted by molar-refractivity contribution is 0.602. The van der Waals surface area contributed by atoms with Crippen molar-refractivity contribution in [1.82, 2.24) is 15.0 Å². The zero-order valence-electron chi connectivity index (χ0n) is 12.7. The number of nitrogens with zero attached hydrogens (tertiary/aromatic N) is 3. The highest BCUT2D eigenvalue weighted by atomic mass is 15.1. The molecular weight excluding hydrogens is 260 g/mol. The number of rotatable bonds is 4. The summed E-state index contributed by atoms with van der Waals surface area (Å²) in [5.74, 6) is 2.45. The molecule has 0 aliphatic heterocycles. The van der Waals surface area contributed by atoms with Crippen molar-refractivity contribution in [3.8, 4) is 11.5 Å². The summed E-state index contributed by atoms with van der Waals surface area (Å²) in [6, 6.07) is 8.43. The Hall–Kier alpha value is -1.97. The van der Waals surface area contributed by atoms with E-state index < -0.39 is 0 Å². The third kappa shape index (κ3) is 3.38. The Kier molecular flexibility index (Phi) is 4.13. The molecule has 110 valence electrons. The summed E-state index contributed by atoms with van der Waals surface area (Å²) < 4.78 is 0. The summed E-state index contributed by atoms with van der Waals surface area (Å²) >= 11 is 0. The van der Waals surface area contributed by atoms with Crippen LogP contribution in [0.1, 0.15) is 38.8 Å². The Labute approximate surface area is 126 Å². The van der Waals surface area contributed by atoms with Crippen molar-refractivity contribution in [2.24, 2.45) is 5.92 Å². The first-order valence-electron chi connectivity index (χ1n) is 7.80. The van der Waals surface area contributed by atoms with Gasteiger partial charge < -0.3 is 5.32 Å². The van der Waals surface area contributed by atoms with Crippen LogP contribution in [0.5, 0.6) is 0 Å². The SMILES string of the molecule is CCc1cc(NC2CCC(C)C2)nc(-c2ccccn2)n1.